The first-order valence-electron chi connectivity index (χ1n) is 6.70. The Kier molecular flexibility index (Phi) is 5.47. The largest absolute Gasteiger partial charge is 0.313 e. The molecule has 3 heteroatoms. The molecule has 1 N–H and O–H groups in total. The topological polar surface area (TPSA) is 12.0 Å². The van der Waals surface area contributed by atoms with Crippen molar-refractivity contribution in [3.8, 4) is 0 Å². The summed E-state index contributed by atoms with van der Waals surface area (Å²) in [5.74, 6) is 0. The van der Waals surface area contributed by atoms with Gasteiger partial charge in [-0.05, 0) is 90.4 Å². The van der Waals surface area contributed by atoms with Gasteiger partial charge >= 0.3 is 0 Å². The molecule has 0 spiro atoms. The molecule has 0 saturated heterocycles. The molecular weight excluding hydrogens is 381 g/mol. The summed E-state index contributed by atoms with van der Waals surface area (Å²) in [5.41, 5.74) is 5.38. The van der Waals surface area contributed by atoms with Crippen molar-refractivity contribution in [2.75, 3.05) is 7.05 Å². The van der Waals surface area contributed by atoms with Crippen LogP contribution in [0.25, 0.3) is 0 Å². The van der Waals surface area contributed by atoms with E-state index in [-0.39, 0.29) is 6.04 Å². The normalized spacial score (nSPS) is 12.4. The lowest BCUT2D eigenvalue weighted by Gasteiger charge is -2.21. The molecule has 2 aromatic rings. The Bertz CT molecular complexity index is 590. The summed E-state index contributed by atoms with van der Waals surface area (Å²) in [4.78, 5) is 0. The number of hydrogen-bond acceptors (Lipinski definition) is 1. The summed E-state index contributed by atoms with van der Waals surface area (Å²) in [7, 11) is 2.01. The van der Waals surface area contributed by atoms with Crippen LogP contribution < -0.4 is 5.32 Å². The highest BCUT2D eigenvalue weighted by Gasteiger charge is 2.16. The van der Waals surface area contributed by atoms with Crippen molar-refractivity contribution < 1.29 is 0 Å². The van der Waals surface area contributed by atoms with Crippen LogP contribution in [0.2, 0.25) is 5.02 Å². The van der Waals surface area contributed by atoms with Crippen LogP contribution >= 0.6 is 34.2 Å². The van der Waals surface area contributed by atoms with Gasteiger partial charge in [0.25, 0.3) is 0 Å². The van der Waals surface area contributed by atoms with Crippen molar-refractivity contribution >= 4 is 34.2 Å². The Morgan fingerprint density at radius 3 is 2.40 bits per heavy atom. The Hall–Kier alpha value is -0.580. The van der Waals surface area contributed by atoms with E-state index in [2.05, 4.69) is 72.1 Å². The minimum absolute atomic E-state index is 0.278. The van der Waals surface area contributed by atoms with E-state index >= 15 is 0 Å². The maximum absolute atomic E-state index is 6.15. The molecule has 0 aliphatic rings. The van der Waals surface area contributed by atoms with Gasteiger partial charge in [0.05, 0.1) is 0 Å². The fraction of sp³-hybridized carbons (Fsp3) is 0.294. The second-order valence-electron chi connectivity index (χ2n) is 5.08. The highest BCUT2D eigenvalue weighted by molar-refractivity contribution is 14.1. The molecule has 0 fully saturated rings. The Labute approximate surface area is 139 Å². The van der Waals surface area contributed by atoms with E-state index in [9.17, 15) is 0 Å². The SMILES string of the molecule is CNC(Cc1c(C)cccc1C)c1cc(Cl)ccc1I. The second-order valence-corrected chi connectivity index (χ2v) is 6.68. The van der Waals surface area contributed by atoms with Crippen molar-refractivity contribution in [1.29, 1.82) is 0 Å². The second kappa shape index (κ2) is 6.92. The molecule has 1 atom stereocenters. The van der Waals surface area contributed by atoms with Crippen LogP contribution in [0.4, 0.5) is 0 Å². The smallest absolute Gasteiger partial charge is 0.0410 e. The van der Waals surface area contributed by atoms with E-state index in [1.165, 1.54) is 25.8 Å². The zero-order valence-corrected chi connectivity index (χ0v) is 14.9. The highest BCUT2D eigenvalue weighted by atomic mass is 127. The fourth-order valence-electron chi connectivity index (χ4n) is 2.52. The lowest BCUT2D eigenvalue weighted by Crippen LogP contribution is -2.20. The maximum Gasteiger partial charge on any atom is 0.0410 e. The van der Waals surface area contributed by atoms with E-state index in [4.69, 9.17) is 11.6 Å². The molecule has 0 aliphatic heterocycles. The number of aryl methyl sites for hydroxylation is 2. The average molecular weight is 400 g/mol. The van der Waals surface area contributed by atoms with Gasteiger partial charge < -0.3 is 5.32 Å². The molecule has 106 valence electrons. The predicted octanol–water partition coefficient (Wildman–Crippen LogP) is 5.06. The monoisotopic (exact) mass is 399 g/mol. The minimum atomic E-state index is 0.278. The zero-order chi connectivity index (χ0) is 14.7. The third-order valence-corrected chi connectivity index (χ3v) is 4.95. The van der Waals surface area contributed by atoms with Crippen LogP contribution in [-0.2, 0) is 6.42 Å². The van der Waals surface area contributed by atoms with Gasteiger partial charge in [-0.1, -0.05) is 29.8 Å². The molecule has 2 aromatic carbocycles. The molecule has 0 amide bonds. The molecule has 1 unspecified atom stereocenters. The Morgan fingerprint density at radius 1 is 1.15 bits per heavy atom. The molecule has 0 bridgehead atoms. The van der Waals surface area contributed by atoms with Crippen molar-refractivity contribution in [2.24, 2.45) is 0 Å². The van der Waals surface area contributed by atoms with Crippen molar-refractivity contribution in [1.82, 2.24) is 5.32 Å². The van der Waals surface area contributed by atoms with E-state index < -0.39 is 0 Å². The summed E-state index contributed by atoms with van der Waals surface area (Å²) in [6.07, 6.45) is 0.978. The highest BCUT2D eigenvalue weighted by Crippen LogP contribution is 2.28. The fourth-order valence-corrected chi connectivity index (χ4v) is 3.42. The number of hydrogen-bond donors (Lipinski definition) is 1. The third-order valence-electron chi connectivity index (χ3n) is 3.73. The Morgan fingerprint density at radius 2 is 1.80 bits per heavy atom. The number of nitrogens with one attached hydrogen (secondary N) is 1. The maximum atomic E-state index is 6.15. The van der Waals surface area contributed by atoms with Gasteiger partial charge in [0, 0.05) is 14.6 Å². The van der Waals surface area contributed by atoms with Crippen LogP contribution in [0.3, 0.4) is 0 Å². The standard InChI is InChI=1S/C17H19ClIN/c1-11-5-4-6-12(2)14(11)10-17(20-3)15-9-13(18)7-8-16(15)19/h4-9,17,20H,10H2,1-3H3. The van der Waals surface area contributed by atoms with Crippen molar-refractivity contribution in [3.05, 3.63) is 67.2 Å². The first-order chi connectivity index (χ1) is 9.52. The van der Waals surface area contributed by atoms with Gasteiger partial charge in [-0.25, -0.2) is 0 Å². The molecular formula is C17H19ClIN. The number of halogens is 2. The van der Waals surface area contributed by atoms with Crippen molar-refractivity contribution in [2.45, 2.75) is 26.3 Å². The minimum Gasteiger partial charge on any atom is -0.313 e. The van der Waals surface area contributed by atoms with E-state index in [0.717, 1.165) is 11.4 Å². The Balaban J connectivity index is 2.36. The van der Waals surface area contributed by atoms with Gasteiger partial charge in [0.1, 0.15) is 0 Å². The zero-order valence-electron chi connectivity index (χ0n) is 12.0. The number of rotatable bonds is 4. The molecule has 2 rings (SSSR count). The molecule has 0 heterocycles. The number of likely N-dealkylation sites (N-methyl/N-ethyl adjacent to an activating group) is 1. The van der Waals surface area contributed by atoms with Gasteiger partial charge in [0.2, 0.25) is 0 Å². The van der Waals surface area contributed by atoms with E-state index in [1.807, 2.05) is 13.1 Å². The summed E-state index contributed by atoms with van der Waals surface area (Å²) in [6.45, 7) is 4.36. The van der Waals surface area contributed by atoms with Crippen LogP contribution in [0.5, 0.6) is 0 Å². The average Bonchev–Trinajstić information content (AvgIpc) is 2.42. The lowest BCUT2D eigenvalue weighted by atomic mass is 9.93. The lowest BCUT2D eigenvalue weighted by molar-refractivity contribution is 0.586. The van der Waals surface area contributed by atoms with Crippen LogP contribution in [0, 0.1) is 17.4 Å². The van der Waals surface area contributed by atoms with Gasteiger partial charge in [-0.3, -0.25) is 0 Å². The molecule has 1 nitrogen and oxygen atoms in total. The molecule has 0 radical (unpaired) electrons. The van der Waals surface area contributed by atoms with E-state index in [0.29, 0.717) is 0 Å². The summed E-state index contributed by atoms with van der Waals surface area (Å²) < 4.78 is 1.25. The molecule has 0 saturated carbocycles. The third kappa shape index (κ3) is 3.54. The van der Waals surface area contributed by atoms with Crippen molar-refractivity contribution in [3.63, 3.8) is 0 Å². The first-order valence-corrected chi connectivity index (χ1v) is 8.16. The van der Waals surface area contributed by atoms with E-state index in [1.54, 1.807) is 0 Å². The molecule has 0 aromatic heterocycles. The first kappa shape index (κ1) is 15.8. The van der Waals surface area contributed by atoms with Crippen LogP contribution in [0.15, 0.2) is 36.4 Å². The quantitative estimate of drug-likeness (QED) is 0.708. The van der Waals surface area contributed by atoms with Gasteiger partial charge in [0.15, 0.2) is 0 Å². The predicted molar refractivity (Wildman–Crippen MR) is 95.6 cm³/mol. The van der Waals surface area contributed by atoms with Crippen LogP contribution in [-0.4, -0.2) is 7.05 Å². The van der Waals surface area contributed by atoms with Crippen LogP contribution in [0.1, 0.15) is 28.3 Å². The summed E-state index contributed by atoms with van der Waals surface area (Å²) in [5, 5.41) is 4.22. The molecule has 0 aliphatic carbocycles. The number of benzene rings is 2. The molecule has 20 heavy (non-hydrogen) atoms. The summed E-state index contributed by atoms with van der Waals surface area (Å²) in [6, 6.07) is 12.8. The van der Waals surface area contributed by atoms with Gasteiger partial charge in [-0.15, -0.1) is 0 Å². The van der Waals surface area contributed by atoms with Gasteiger partial charge in [-0.2, -0.15) is 0 Å². The summed E-state index contributed by atoms with van der Waals surface area (Å²) >= 11 is 8.53.